The third-order valence-corrected chi connectivity index (χ3v) is 5.31. The molecule has 2 unspecified atom stereocenters. The normalized spacial score (nSPS) is 22.3. The predicted octanol–water partition coefficient (Wildman–Crippen LogP) is 5.51. The highest BCUT2D eigenvalue weighted by molar-refractivity contribution is 5.73. The van der Waals surface area contributed by atoms with Crippen LogP contribution in [0.15, 0.2) is 72.3 Å². The molecule has 2 atom stereocenters. The topological polar surface area (TPSA) is 18.5 Å². The first-order valence-corrected chi connectivity index (χ1v) is 9.54. The summed E-state index contributed by atoms with van der Waals surface area (Å²) in [7, 11) is 0. The molecule has 134 valence electrons. The van der Waals surface area contributed by atoms with Crippen molar-refractivity contribution in [1.82, 2.24) is 0 Å². The van der Waals surface area contributed by atoms with Crippen molar-refractivity contribution in [2.45, 2.75) is 25.9 Å². The second kappa shape index (κ2) is 8.03. The van der Waals surface area contributed by atoms with Gasteiger partial charge in [0.05, 0.1) is 19.3 Å². The fraction of sp³-hybridized carbons (Fsp3) is 0.333. The van der Waals surface area contributed by atoms with Crippen LogP contribution in [-0.4, -0.2) is 25.9 Å². The lowest BCUT2D eigenvalue weighted by atomic mass is 9.84. The molecule has 0 bridgehead atoms. The molecule has 0 aromatic heterocycles. The van der Waals surface area contributed by atoms with Gasteiger partial charge in [-0.05, 0) is 46.6 Å². The Morgan fingerprint density at radius 3 is 2.27 bits per heavy atom. The molecular weight excluding hydrogens is 320 g/mol. The van der Waals surface area contributed by atoms with Crippen LogP contribution in [0, 0.1) is 5.92 Å². The van der Waals surface area contributed by atoms with E-state index in [0.29, 0.717) is 12.0 Å². The molecule has 1 fully saturated rings. The average Bonchev–Trinajstić information content (AvgIpc) is 2.65. The Morgan fingerprint density at radius 2 is 1.62 bits per heavy atom. The van der Waals surface area contributed by atoms with E-state index in [1.165, 1.54) is 27.8 Å². The smallest absolute Gasteiger partial charge is 0.0830 e. The zero-order valence-electron chi connectivity index (χ0n) is 15.4. The van der Waals surface area contributed by atoms with Crippen LogP contribution >= 0.6 is 0 Å². The maximum Gasteiger partial charge on any atom is 0.0830 e. The maximum atomic E-state index is 5.81. The summed E-state index contributed by atoms with van der Waals surface area (Å²) in [5.41, 5.74) is 6.63. The quantitative estimate of drug-likeness (QED) is 0.687. The Bertz CT molecular complexity index is 783. The Hall–Kier alpha value is -2.16. The predicted molar refractivity (Wildman–Crippen MR) is 107 cm³/mol. The Balaban J connectivity index is 1.41. The second-order valence-corrected chi connectivity index (χ2v) is 7.29. The molecule has 2 aliphatic rings. The SMILES string of the molecule is CC1CC(COCC2CCO2)=CC=C1c1ccc(-c2ccccc2)cc1. The van der Waals surface area contributed by atoms with Gasteiger partial charge in [0.2, 0.25) is 0 Å². The molecule has 1 aliphatic heterocycles. The van der Waals surface area contributed by atoms with Crippen LogP contribution in [0.2, 0.25) is 0 Å². The van der Waals surface area contributed by atoms with E-state index in [-0.39, 0.29) is 0 Å². The van der Waals surface area contributed by atoms with E-state index in [1.54, 1.807) is 0 Å². The van der Waals surface area contributed by atoms with Gasteiger partial charge in [0, 0.05) is 6.61 Å². The molecular formula is C24H26O2. The molecule has 0 amide bonds. The van der Waals surface area contributed by atoms with Gasteiger partial charge in [-0.1, -0.05) is 73.7 Å². The van der Waals surface area contributed by atoms with Gasteiger partial charge in [-0.25, -0.2) is 0 Å². The van der Waals surface area contributed by atoms with E-state index in [0.717, 1.165) is 32.7 Å². The fourth-order valence-corrected chi connectivity index (χ4v) is 3.65. The van der Waals surface area contributed by atoms with Crippen molar-refractivity contribution >= 4 is 5.57 Å². The second-order valence-electron chi connectivity index (χ2n) is 7.29. The molecule has 0 spiro atoms. The molecule has 2 nitrogen and oxygen atoms in total. The highest BCUT2D eigenvalue weighted by atomic mass is 16.5. The van der Waals surface area contributed by atoms with Crippen LogP contribution in [0.1, 0.15) is 25.3 Å². The van der Waals surface area contributed by atoms with Crippen LogP contribution in [0.3, 0.4) is 0 Å². The molecule has 0 saturated carbocycles. The minimum atomic E-state index is 0.325. The van der Waals surface area contributed by atoms with E-state index in [9.17, 15) is 0 Å². The molecule has 1 saturated heterocycles. The minimum Gasteiger partial charge on any atom is -0.376 e. The first-order chi connectivity index (χ1) is 12.8. The molecule has 2 aromatic carbocycles. The highest BCUT2D eigenvalue weighted by Crippen LogP contribution is 2.33. The van der Waals surface area contributed by atoms with E-state index >= 15 is 0 Å². The summed E-state index contributed by atoms with van der Waals surface area (Å²) < 4.78 is 11.2. The first-order valence-electron chi connectivity index (χ1n) is 9.54. The van der Waals surface area contributed by atoms with Crippen molar-refractivity contribution in [3.8, 4) is 11.1 Å². The zero-order valence-corrected chi connectivity index (χ0v) is 15.4. The fourth-order valence-electron chi connectivity index (χ4n) is 3.65. The van der Waals surface area contributed by atoms with Crippen molar-refractivity contribution in [3.63, 3.8) is 0 Å². The van der Waals surface area contributed by atoms with E-state index in [4.69, 9.17) is 9.47 Å². The van der Waals surface area contributed by atoms with Gasteiger partial charge in [0.15, 0.2) is 0 Å². The molecule has 0 N–H and O–H groups in total. The van der Waals surface area contributed by atoms with Crippen molar-refractivity contribution < 1.29 is 9.47 Å². The van der Waals surface area contributed by atoms with Crippen molar-refractivity contribution in [3.05, 3.63) is 77.9 Å². The van der Waals surface area contributed by atoms with Gasteiger partial charge >= 0.3 is 0 Å². The molecule has 26 heavy (non-hydrogen) atoms. The third-order valence-electron chi connectivity index (χ3n) is 5.31. The van der Waals surface area contributed by atoms with Crippen LogP contribution in [-0.2, 0) is 9.47 Å². The van der Waals surface area contributed by atoms with Gasteiger partial charge in [0.1, 0.15) is 0 Å². The van der Waals surface area contributed by atoms with Crippen LogP contribution in [0.4, 0.5) is 0 Å². The Morgan fingerprint density at radius 1 is 0.923 bits per heavy atom. The lowest BCUT2D eigenvalue weighted by molar-refractivity contribution is -0.0911. The maximum absolute atomic E-state index is 5.81. The van der Waals surface area contributed by atoms with Crippen LogP contribution < -0.4 is 0 Å². The number of benzene rings is 2. The number of rotatable bonds is 6. The number of hydrogen-bond donors (Lipinski definition) is 0. The summed E-state index contributed by atoms with van der Waals surface area (Å²) in [5, 5.41) is 0. The summed E-state index contributed by atoms with van der Waals surface area (Å²) in [6, 6.07) is 19.5. The number of ether oxygens (including phenoxy) is 2. The van der Waals surface area contributed by atoms with Crippen LogP contribution in [0.25, 0.3) is 16.7 Å². The van der Waals surface area contributed by atoms with E-state index < -0.39 is 0 Å². The Labute approximate surface area is 156 Å². The van der Waals surface area contributed by atoms with Gasteiger partial charge in [0.25, 0.3) is 0 Å². The van der Waals surface area contributed by atoms with Gasteiger partial charge < -0.3 is 9.47 Å². The lowest BCUT2D eigenvalue weighted by Gasteiger charge is -2.27. The number of allylic oxidation sites excluding steroid dienone is 3. The summed E-state index contributed by atoms with van der Waals surface area (Å²) in [6.45, 7) is 4.64. The summed E-state index contributed by atoms with van der Waals surface area (Å²) in [5.74, 6) is 0.515. The van der Waals surface area contributed by atoms with Gasteiger partial charge in [-0.2, -0.15) is 0 Å². The Kier molecular flexibility index (Phi) is 5.33. The summed E-state index contributed by atoms with van der Waals surface area (Å²) in [4.78, 5) is 0. The molecule has 2 aromatic rings. The van der Waals surface area contributed by atoms with E-state index in [2.05, 4.69) is 73.7 Å². The monoisotopic (exact) mass is 346 g/mol. The molecule has 1 heterocycles. The molecule has 1 aliphatic carbocycles. The van der Waals surface area contributed by atoms with Crippen molar-refractivity contribution in [1.29, 1.82) is 0 Å². The van der Waals surface area contributed by atoms with Crippen LogP contribution in [0.5, 0.6) is 0 Å². The van der Waals surface area contributed by atoms with Gasteiger partial charge in [-0.3, -0.25) is 0 Å². The number of hydrogen-bond acceptors (Lipinski definition) is 2. The minimum absolute atomic E-state index is 0.325. The molecule has 4 rings (SSSR count). The molecule has 0 radical (unpaired) electrons. The third kappa shape index (κ3) is 3.98. The summed E-state index contributed by atoms with van der Waals surface area (Å²) >= 11 is 0. The van der Waals surface area contributed by atoms with E-state index in [1.807, 2.05) is 0 Å². The van der Waals surface area contributed by atoms with Crippen molar-refractivity contribution in [2.75, 3.05) is 19.8 Å². The van der Waals surface area contributed by atoms with Gasteiger partial charge in [-0.15, -0.1) is 0 Å². The van der Waals surface area contributed by atoms with Crippen molar-refractivity contribution in [2.24, 2.45) is 5.92 Å². The largest absolute Gasteiger partial charge is 0.376 e. The molecule has 2 heteroatoms. The standard InChI is InChI=1S/C24H26O2/c1-18-15-19(16-25-17-23-13-14-26-23)7-12-24(18)22-10-8-21(9-11-22)20-5-3-2-4-6-20/h2-12,18,23H,13-17H2,1H3. The lowest BCUT2D eigenvalue weighted by Crippen LogP contribution is -2.31. The summed E-state index contributed by atoms with van der Waals surface area (Å²) in [6.07, 6.45) is 7.04. The first kappa shape index (κ1) is 17.3. The average molecular weight is 346 g/mol. The highest BCUT2D eigenvalue weighted by Gasteiger charge is 2.20. The zero-order chi connectivity index (χ0) is 17.8.